The third kappa shape index (κ3) is 10.7. The first-order valence-corrected chi connectivity index (χ1v) is 19.0. The second-order valence-electron chi connectivity index (χ2n) is 11.6. The SMILES string of the molecule is O=S(=O)(O)c1cc(N=Nc2ccc(N=Nc3ccc(O)cc3)cc2)ccc1C=Cc1ccc(N=Nc2ccc(N=Nc3ccc(O)cc3)cc2)cc1S(=O)(=O)O. The maximum absolute atomic E-state index is 12.3. The highest BCUT2D eigenvalue weighted by atomic mass is 32.2. The Bertz CT molecular complexity index is 2550. The van der Waals surface area contributed by atoms with Crippen LogP contribution >= 0.6 is 0 Å². The van der Waals surface area contributed by atoms with Gasteiger partial charge in [0.1, 0.15) is 21.3 Å². The smallest absolute Gasteiger partial charge is 0.295 e. The fourth-order valence-electron chi connectivity index (χ4n) is 4.74. The van der Waals surface area contributed by atoms with Crippen LogP contribution in [0.1, 0.15) is 11.1 Å². The number of nitrogens with zero attached hydrogens (tertiary/aromatic N) is 8. The summed E-state index contributed by atoms with van der Waals surface area (Å²) in [5.74, 6) is 0.222. The molecule has 16 nitrogen and oxygen atoms in total. The molecule has 0 aromatic heterocycles. The van der Waals surface area contributed by atoms with Gasteiger partial charge in [-0.05, 0) is 132 Å². The lowest BCUT2D eigenvalue weighted by atomic mass is 10.1. The largest absolute Gasteiger partial charge is 0.508 e. The molecule has 0 fully saturated rings. The summed E-state index contributed by atoms with van der Waals surface area (Å²) in [4.78, 5) is -1.05. The zero-order valence-corrected chi connectivity index (χ0v) is 30.3. The van der Waals surface area contributed by atoms with Crippen LogP contribution in [0.4, 0.5) is 45.5 Å². The molecule has 56 heavy (non-hydrogen) atoms. The van der Waals surface area contributed by atoms with Crippen molar-refractivity contribution in [3.63, 3.8) is 0 Å². The average Bonchev–Trinajstić information content (AvgIpc) is 3.18. The molecule has 6 rings (SSSR count). The van der Waals surface area contributed by atoms with E-state index in [2.05, 4.69) is 40.9 Å². The van der Waals surface area contributed by atoms with Crippen LogP contribution in [0.25, 0.3) is 12.2 Å². The molecule has 0 saturated heterocycles. The first kappa shape index (κ1) is 38.6. The van der Waals surface area contributed by atoms with E-state index in [1.54, 1.807) is 72.8 Å². The van der Waals surface area contributed by atoms with E-state index in [1.807, 2.05) is 0 Å². The Hall–Kier alpha value is -7.12. The third-order valence-electron chi connectivity index (χ3n) is 7.52. The van der Waals surface area contributed by atoms with Crippen molar-refractivity contribution in [3.8, 4) is 11.5 Å². The van der Waals surface area contributed by atoms with Crippen LogP contribution in [0.5, 0.6) is 11.5 Å². The van der Waals surface area contributed by atoms with Crippen molar-refractivity contribution in [2.24, 2.45) is 40.9 Å². The lowest BCUT2D eigenvalue weighted by Gasteiger charge is -2.06. The van der Waals surface area contributed by atoms with Crippen LogP contribution in [0, 0.1) is 0 Å². The minimum atomic E-state index is -4.78. The normalized spacial score (nSPS) is 12.5. The Morgan fingerprint density at radius 1 is 0.339 bits per heavy atom. The highest BCUT2D eigenvalue weighted by molar-refractivity contribution is 7.86. The lowest BCUT2D eigenvalue weighted by molar-refractivity contribution is 0.475. The molecule has 6 aromatic carbocycles. The molecule has 280 valence electrons. The van der Waals surface area contributed by atoms with Gasteiger partial charge in [0.25, 0.3) is 20.2 Å². The molecule has 0 atom stereocenters. The van der Waals surface area contributed by atoms with E-state index in [1.165, 1.54) is 60.7 Å². The van der Waals surface area contributed by atoms with E-state index in [-0.39, 0.29) is 34.0 Å². The molecule has 0 saturated carbocycles. The summed E-state index contributed by atoms with van der Waals surface area (Å²) < 4.78 is 69.3. The van der Waals surface area contributed by atoms with Gasteiger partial charge >= 0.3 is 0 Å². The number of azo groups is 4. The first-order valence-electron chi connectivity index (χ1n) is 16.1. The standard InChI is InChI=1S/C38H28N8O8S2/c47-35-19-15-31(16-20-35)41-39-27-7-11-29(12-8-27)43-45-33-5-3-25(37(23-33)55(49,50)51)1-2-26-4-6-34(24-38(26)56(52,53)54)46-44-30-13-9-28(10-14-30)40-42-32-17-21-36(48)22-18-32/h1-24,47-48H,(H,49,50,51)(H,52,53,54). The third-order valence-corrected chi connectivity index (χ3v) is 9.33. The summed E-state index contributed by atoms with van der Waals surface area (Å²) in [6.45, 7) is 0. The van der Waals surface area contributed by atoms with Gasteiger partial charge in [0.05, 0.1) is 45.5 Å². The zero-order chi connectivity index (χ0) is 39.7. The molecule has 0 unspecified atom stereocenters. The molecular weight excluding hydrogens is 761 g/mol. The Kier molecular flexibility index (Phi) is 11.7. The number of hydrogen-bond donors (Lipinski definition) is 4. The molecule has 6 aromatic rings. The Labute approximate surface area is 319 Å². The number of aromatic hydroxyl groups is 2. The molecule has 0 amide bonds. The molecule has 0 radical (unpaired) electrons. The summed E-state index contributed by atoms with van der Waals surface area (Å²) in [7, 11) is -9.57. The summed E-state index contributed by atoms with van der Waals surface area (Å²) in [5.41, 5.74) is 3.12. The van der Waals surface area contributed by atoms with Gasteiger partial charge in [-0.25, -0.2) is 0 Å². The second-order valence-corrected chi connectivity index (χ2v) is 14.4. The minimum Gasteiger partial charge on any atom is -0.508 e. The van der Waals surface area contributed by atoms with Crippen molar-refractivity contribution in [1.82, 2.24) is 0 Å². The maximum Gasteiger partial charge on any atom is 0.295 e. The lowest BCUT2D eigenvalue weighted by Crippen LogP contribution is -2.01. The summed E-state index contributed by atoms with van der Waals surface area (Å²) >= 11 is 0. The summed E-state index contributed by atoms with van der Waals surface area (Å²) in [6.07, 6.45) is 2.50. The van der Waals surface area contributed by atoms with Crippen LogP contribution < -0.4 is 0 Å². The van der Waals surface area contributed by atoms with E-state index < -0.39 is 30.0 Å². The van der Waals surface area contributed by atoms with E-state index in [9.17, 15) is 36.2 Å². The van der Waals surface area contributed by atoms with Crippen molar-refractivity contribution in [2.45, 2.75) is 9.79 Å². The van der Waals surface area contributed by atoms with Gasteiger partial charge in [-0.2, -0.15) is 57.7 Å². The number of rotatable bonds is 12. The van der Waals surface area contributed by atoms with Crippen LogP contribution in [-0.2, 0) is 20.2 Å². The number of phenolic OH excluding ortho intramolecular Hbond substituents is 2. The van der Waals surface area contributed by atoms with Crippen molar-refractivity contribution in [1.29, 1.82) is 0 Å². The summed E-state index contributed by atoms with van der Waals surface area (Å²) in [5, 5.41) is 51.5. The van der Waals surface area contributed by atoms with Crippen LogP contribution in [-0.4, -0.2) is 36.2 Å². The van der Waals surface area contributed by atoms with Gasteiger partial charge in [-0.1, -0.05) is 24.3 Å². The molecule has 0 aliphatic heterocycles. The molecule has 4 N–H and O–H groups in total. The number of phenols is 2. The van der Waals surface area contributed by atoms with Crippen LogP contribution in [0.15, 0.2) is 184 Å². The van der Waals surface area contributed by atoms with Gasteiger partial charge < -0.3 is 10.2 Å². The first-order chi connectivity index (χ1) is 26.8. The van der Waals surface area contributed by atoms with Gasteiger partial charge in [0, 0.05) is 0 Å². The molecular formula is C38H28N8O8S2. The predicted molar refractivity (Wildman–Crippen MR) is 207 cm³/mol. The molecule has 0 bridgehead atoms. The van der Waals surface area contributed by atoms with Crippen molar-refractivity contribution in [2.75, 3.05) is 0 Å². The van der Waals surface area contributed by atoms with Crippen molar-refractivity contribution in [3.05, 3.63) is 145 Å². The van der Waals surface area contributed by atoms with Crippen LogP contribution in [0.2, 0.25) is 0 Å². The molecule has 0 heterocycles. The molecule has 18 heteroatoms. The fraction of sp³-hybridized carbons (Fsp3) is 0. The molecule has 0 spiro atoms. The topological polar surface area (TPSA) is 248 Å². The Morgan fingerprint density at radius 2 is 0.554 bits per heavy atom. The Morgan fingerprint density at radius 3 is 0.804 bits per heavy atom. The summed E-state index contributed by atoms with van der Waals surface area (Å²) in [6, 6.07) is 33.2. The number of benzene rings is 6. The van der Waals surface area contributed by atoms with Gasteiger partial charge in [-0.15, -0.1) is 0 Å². The van der Waals surface area contributed by atoms with Gasteiger partial charge in [-0.3, -0.25) is 9.11 Å². The van der Waals surface area contributed by atoms with E-state index in [4.69, 9.17) is 0 Å². The van der Waals surface area contributed by atoms with Crippen molar-refractivity contribution < 1.29 is 36.2 Å². The zero-order valence-electron chi connectivity index (χ0n) is 28.7. The quantitative estimate of drug-likeness (QED) is 0.0526. The monoisotopic (exact) mass is 788 g/mol. The maximum atomic E-state index is 12.3. The van der Waals surface area contributed by atoms with Gasteiger partial charge in [0.2, 0.25) is 0 Å². The van der Waals surface area contributed by atoms with Crippen molar-refractivity contribution >= 4 is 77.9 Å². The average molecular weight is 789 g/mol. The highest BCUT2D eigenvalue weighted by Gasteiger charge is 2.18. The minimum absolute atomic E-state index is 0.00843. The van der Waals surface area contributed by atoms with Gasteiger partial charge in [0.15, 0.2) is 0 Å². The number of hydrogen-bond acceptors (Lipinski definition) is 14. The Balaban J connectivity index is 1.16. The van der Waals surface area contributed by atoms with Crippen LogP contribution in [0.3, 0.4) is 0 Å². The van der Waals surface area contributed by atoms with E-state index >= 15 is 0 Å². The van der Waals surface area contributed by atoms with E-state index in [0.29, 0.717) is 34.1 Å². The predicted octanol–water partition coefficient (Wildman–Crippen LogP) is 11.4. The highest BCUT2D eigenvalue weighted by Crippen LogP contribution is 2.31. The van der Waals surface area contributed by atoms with E-state index in [0.717, 1.165) is 12.1 Å². The molecule has 0 aliphatic rings. The molecule has 0 aliphatic carbocycles. The second kappa shape index (κ2) is 16.9. The fourth-order valence-corrected chi connectivity index (χ4v) is 6.15.